The summed E-state index contributed by atoms with van der Waals surface area (Å²) in [6.07, 6.45) is 0. The second-order valence-corrected chi connectivity index (χ2v) is 7.09. The molecule has 1 heterocycles. The topological polar surface area (TPSA) is 89.5 Å². The van der Waals surface area contributed by atoms with Crippen LogP contribution in [0.15, 0.2) is 47.8 Å². The molecule has 29 heavy (non-hydrogen) atoms. The Kier molecular flexibility index (Phi) is 6.46. The zero-order valence-corrected chi connectivity index (χ0v) is 17.1. The van der Waals surface area contributed by atoms with Crippen LogP contribution < -0.4 is 20.1 Å². The van der Waals surface area contributed by atoms with E-state index < -0.39 is 5.91 Å². The predicted molar refractivity (Wildman–Crippen MR) is 113 cm³/mol. The molecular formula is C21H21N3O4S. The summed E-state index contributed by atoms with van der Waals surface area (Å²) in [5.74, 6) is 0.214. The van der Waals surface area contributed by atoms with Crippen LogP contribution >= 0.6 is 11.3 Å². The van der Waals surface area contributed by atoms with Crippen molar-refractivity contribution in [2.24, 2.45) is 0 Å². The molecule has 0 saturated carbocycles. The van der Waals surface area contributed by atoms with E-state index in [0.717, 1.165) is 11.3 Å². The summed E-state index contributed by atoms with van der Waals surface area (Å²) in [5.41, 5.74) is 3.28. The second kappa shape index (κ2) is 9.20. The SMILES string of the molecule is COc1cc(OC)cc(C(=O)NCC(=O)Nc2nc(-c3ccc(C)cc3)cs2)c1. The number of hydrogen-bond acceptors (Lipinski definition) is 6. The van der Waals surface area contributed by atoms with Crippen molar-refractivity contribution in [1.82, 2.24) is 10.3 Å². The van der Waals surface area contributed by atoms with Crippen molar-refractivity contribution >= 4 is 28.3 Å². The van der Waals surface area contributed by atoms with Crippen molar-refractivity contribution < 1.29 is 19.1 Å². The maximum Gasteiger partial charge on any atom is 0.251 e. The molecule has 0 aliphatic carbocycles. The number of aryl methyl sites for hydroxylation is 1. The fraction of sp³-hybridized carbons (Fsp3) is 0.190. The highest BCUT2D eigenvalue weighted by atomic mass is 32.1. The number of benzene rings is 2. The van der Waals surface area contributed by atoms with E-state index in [1.807, 2.05) is 36.6 Å². The Bertz CT molecular complexity index is 993. The highest BCUT2D eigenvalue weighted by Gasteiger charge is 2.13. The molecule has 0 aliphatic heterocycles. The molecule has 0 saturated heterocycles. The fourth-order valence-corrected chi connectivity index (χ4v) is 3.29. The minimum absolute atomic E-state index is 0.183. The third kappa shape index (κ3) is 5.32. The number of carbonyl (C=O) groups is 2. The van der Waals surface area contributed by atoms with E-state index in [-0.39, 0.29) is 12.5 Å². The summed E-state index contributed by atoms with van der Waals surface area (Å²) >= 11 is 1.33. The van der Waals surface area contributed by atoms with E-state index in [1.54, 1.807) is 18.2 Å². The van der Waals surface area contributed by atoms with Gasteiger partial charge >= 0.3 is 0 Å². The molecule has 7 nitrogen and oxygen atoms in total. The van der Waals surface area contributed by atoms with Gasteiger partial charge in [0.15, 0.2) is 5.13 Å². The molecule has 0 radical (unpaired) electrons. The Balaban J connectivity index is 1.57. The summed E-state index contributed by atoms with van der Waals surface area (Å²) in [7, 11) is 3.01. The van der Waals surface area contributed by atoms with Crippen LogP contribution in [-0.4, -0.2) is 37.6 Å². The third-order valence-corrected chi connectivity index (χ3v) is 4.88. The van der Waals surface area contributed by atoms with Crippen LogP contribution in [0.3, 0.4) is 0 Å². The first-order valence-corrected chi connectivity index (χ1v) is 9.70. The average molecular weight is 411 g/mol. The van der Waals surface area contributed by atoms with Crippen molar-refractivity contribution in [2.45, 2.75) is 6.92 Å². The van der Waals surface area contributed by atoms with E-state index in [2.05, 4.69) is 15.6 Å². The zero-order valence-electron chi connectivity index (χ0n) is 16.3. The van der Waals surface area contributed by atoms with E-state index >= 15 is 0 Å². The van der Waals surface area contributed by atoms with Crippen LogP contribution in [0.25, 0.3) is 11.3 Å². The molecule has 0 unspecified atom stereocenters. The highest BCUT2D eigenvalue weighted by Crippen LogP contribution is 2.25. The second-order valence-electron chi connectivity index (χ2n) is 6.24. The minimum atomic E-state index is -0.406. The Morgan fingerprint density at radius 3 is 2.31 bits per heavy atom. The first kappa shape index (κ1) is 20.3. The van der Waals surface area contributed by atoms with Gasteiger partial charge in [0.05, 0.1) is 26.5 Å². The maximum atomic E-state index is 12.3. The average Bonchev–Trinajstić information content (AvgIpc) is 3.20. The molecule has 2 N–H and O–H groups in total. The van der Waals surface area contributed by atoms with Gasteiger partial charge in [0.25, 0.3) is 5.91 Å². The van der Waals surface area contributed by atoms with Crippen molar-refractivity contribution in [3.63, 3.8) is 0 Å². The van der Waals surface area contributed by atoms with Gasteiger partial charge in [-0.05, 0) is 19.1 Å². The maximum absolute atomic E-state index is 12.3. The first-order valence-electron chi connectivity index (χ1n) is 8.82. The molecule has 0 spiro atoms. The van der Waals surface area contributed by atoms with Gasteiger partial charge in [0.1, 0.15) is 11.5 Å². The summed E-state index contributed by atoms with van der Waals surface area (Å²) in [5, 5.41) is 7.63. The molecule has 0 bridgehead atoms. The molecule has 150 valence electrons. The zero-order chi connectivity index (χ0) is 20.8. The highest BCUT2D eigenvalue weighted by molar-refractivity contribution is 7.14. The lowest BCUT2D eigenvalue weighted by Crippen LogP contribution is -2.32. The van der Waals surface area contributed by atoms with Crippen LogP contribution in [0.5, 0.6) is 11.5 Å². The van der Waals surface area contributed by atoms with Gasteiger partial charge in [0.2, 0.25) is 5.91 Å². The molecule has 1 aromatic heterocycles. The molecule has 2 amide bonds. The Hall–Kier alpha value is -3.39. The molecule has 0 aliphatic rings. The number of hydrogen-bond donors (Lipinski definition) is 2. The van der Waals surface area contributed by atoms with Crippen LogP contribution in [0.2, 0.25) is 0 Å². The predicted octanol–water partition coefficient (Wildman–Crippen LogP) is 3.50. The lowest BCUT2D eigenvalue weighted by Gasteiger charge is -2.09. The number of rotatable bonds is 7. The monoisotopic (exact) mass is 411 g/mol. The van der Waals surface area contributed by atoms with Crippen molar-refractivity contribution in [3.05, 3.63) is 59.0 Å². The lowest BCUT2D eigenvalue weighted by molar-refractivity contribution is -0.115. The van der Waals surface area contributed by atoms with Crippen LogP contribution in [0.1, 0.15) is 15.9 Å². The summed E-state index contributed by atoms with van der Waals surface area (Å²) < 4.78 is 10.3. The number of anilines is 1. The molecule has 0 atom stereocenters. The van der Waals surface area contributed by atoms with Gasteiger partial charge in [0, 0.05) is 22.6 Å². The van der Waals surface area contributed by atoms with Crippen LogP contribution in [0.4, 0.5) is 5.13 Å². The van der Waals surface area contributed by atoms with Crippen molar-refractivity contribution in [3.8, 4) is 22.8 Å². The van der Waals surface area contributed by atoms with Crippen LogP contribution in [-0.2, 0) is 4.79 Å². The summed E-state index contributed by atoms with van der Waals surface area (Å²) in [6.45, 7) is 1.84. The lowest BCUT2D eigenvalue weighted by atomic mass is 10.1. The largest absolute Gasteiger partial charge is 0.497 e. The molecule has 0 fully saturated rings. The number of nitrogens with zero attached hydrogens (tertiary/aromatic N) is 1. The number of carbonyl (C=O) groups excluding carboxylic acids is 2. The smallest absolute Gasteiger partial charge is 0.251 e. The number of aromatic nitrogens is 1. The third-order valence-electron chi connectivity index (χ3n) is 4.12. The van der Waals surface area contributed by atoms with Gasteiger partial charge in [-0.15, -0.1) is 11.3 Å². The number of methoxy groups -OCH3 is 2. The molecule has 3 rings (SSSR count). The van der Waals surface area contributed by atoms with Crippen molar-refractivity contribution in [2.75, 3.05) is 26.1 Å². The van der Waals surface area contributed by atoms with Gasteiger partial charge in [-0.25, -0.2) is 4.98 Å². The summed E-state index contributed by atoms with van der Waals surface area (Å²) in [6, 6.07) is 12.8. The minimum Gasteiger partial charge on any atom is -0.497 e. The normalized spacial score (nSPS) is 10.3. The standard InChI is InChI=1S/C21H21N3O4S/c1-13-4-6-14(7-5-13)18-12-29-21(23-18)24-19(25)11-22-20(26)15-8-16(27-2)10-17(9-15)28-3/h4-10,12H,11H2,1-3H3,(H,22,26)(H,23,24,25). The molecular weight excluding hydrogens is 390 g/mol. The quantitative estimate of drug-likeness (QED) is 0.621. The molecule has 3 aromatic rings. The van der Waals surface area contributed by atoms with E-state index in [1.165, 1.54) is 31.1 Å². The summed E-state index contributed by atoms with van der Waals surface area (Å²) in [4.78, 5) is 28.9. The molecule has 8 heteroatoms. The first-order chi connectivity index (χ1) is 14.0. The van der Waals surface area contributed by atoms with Crippen LogP contribution in [0, 0.1) is 6.92 Å². The Labute approximate surface area is 172 Å². The number of nitrogens with one attached hydrogen (secondary N) is 2. The fourth-order valence-electron chi connectivity index (χ4n) is 2.55. The van der Waals surface area contributed by atoms with Gasteiger partial charge < -0.3 is 20.1 Å². The Morgan fingerprint density at radius 1 is 1.03 bits per heavy atom. The molecule has 2 aromatic carbocycles. The number of thiazole rings is 1. The van der Waals surface area contributed by atoms with Gasteiger partial charge in [-0.3, -0.25) is 9.59 Å². The Morgan fingerprint density at radius 2 is 1.69 bits per heavy atom. The van der Waals surface area contributed by atoms with Gasteiger partial charge in [-0.1, -0.05) is 29.8 Å². The van der Waals surface area contributed by atoms with E-state index in [9.17, 15) is 9.59 Å². The number of amides is 2. The van der Waals surface area contributed by atoms with Crippen molar-refractivity contribution in [1.29, 1.82) is 0 Å². The number of ether oxygens (including phenoxy) is 2. The van der Waals surface area contributed by atoms with E-state index in [4.69, 9.17) is 9.47 Å². The van der Waals surface area contributed by atoms with E-state index in [0.29, 0.717) is 22.2 Å². The van der Waals surface area contributed by atoms with Gasteiger partial charge in [-0.2, -0.15) is 0 Å².